The van der Waals surface area contributed by atoms with E-state index in [1.165, 1.54) is 32.4 Å². The second-order valence-corrected chi connectivity index (χ2v) is 3.80. The fourth-order valence-electron chi connectivity index (χ4n) is 1.01. The topological polar surface area (TPSA) is 107 Å². The van der Waals surface area contributed by atoms with Crippen LogP contribution in [0.3, 0.4) is 0 Å². The Hall–Kier alpha value is -2.12. The molecular formula is C16H34N2O6. The lowest BCUT2D eigenvalue weighted by molar-refractivity contribution is -0.106. The Labute approximate surface area is 145 Å². The van der Waals surface area contributed by atoms with Gasteiger partial charge in [0, 0.05) is 12.4 Å². The van der Waals surface area contributed by atoms with Gasteiger partial charge in [0.1, 0.15) is 19.5 Å². The van der Waals surface area contributed by atoms with Crippen LogP contribution in [0.15, 0.2) is 10.3 Å². The van der Waals surface area contributed by atoms with Crippen LogP contribution in [0.4, 0.5) is 4.79 Å². The minimum atomic E-state index is -1.30. The van der Waals surface area contributed by atoms with E-state index in [1.54, 1.807) is 13.1 Å². The molecule has 0 bridgehead atoms. The second kappa shape index (κ2) is 32.7. The number of unbranched alkanes of at least 4 members (excludes halogenated alkanes) is 3. The maximum atomic E-state index is 9.72. The lowest BCUT2D eigenvalue weighted by Crippen LogP contribution is -2.06. The molecule has 0 aliphatic heterocycles. The predicted octanol–water partition coefficient (Wildman–Crippen LogP) is 4.13. The molecule has 8 heteroatoms. The average molecular weight is 350 g/mol. The van der Waals surface area contributed by atoms with Crippen LogP contribution >= 0.6 is 0 Å². The van der Waals surface area contributed by atoms with Gasteiger partial charge in [-0.2, -0.15) is 0 Å². The van der Waals surface area contributed by atoms with Crippen molar-refractivity contribution in [2.75, 3.05) is 19.8 Å². The summed E-state index contributed by atoms with van der Waals surface area (Å²) in [6.07, 6.45) is 7.54. The minimum absolute atomic E-state index is 0. The van der Waals surface area contributed by atoms with Gasteiger partial charge in [0.25, 0.3) is 0 Å². The molecule has 24 heavy (non-hydrogen) atoms. The fourth-order valence-corrected chi connectivity index (χ4v) is 1.01. The van der Waals surface area contributed by atoms with Gasteiger partial charge in [0.05, 0.1) is 0 Å². The molecule has 0 atom stereocenters. The normalized spacial score (nSPS) is 9.00. The summed E-state index contributed by atoms with van der Waals surface area (Å²) in [5, 5.41) is 15.0. The second-order valence-electron chi connectivity index (χ2n) is 3.80. The largest absolute Gasteiger partial charge is 0.505 e. The smallest absolute Gasteiger partial charge is 0.450 e. The van der Waals surface area contributed by atoms with Crippen LogP contribution in [0.2, 0.25) is 0 Å². The molecule has 0 amide bonds. The van der Waals surface area contributed by atoms with E-state index in [0.717, 1.165) is 19.3 Å². The molecule has 0 saturated carbocycles. The van der Waals surface area contributed by atoms with Gasteiger partial charge in [-0.25, -0.2) is 4.79 Å². The number of rotatable bonds is 10. The molecular weight excluding hydrogens is 316 g/mol. The SMILES string of the molecule is C.CC=NOCCCCCC.CC=NOCCOC(=O)O.CC=O. The number of carbonyl (C=O) groups is 2. The Morgan fingerprint density at radius 2 is 1.46 bits per heavy atom. The van der Waals surface area contributed by atoms with Crippen LogP contribution in [0.5, 0.6) is 0 Å². The van der Waals surface area contributed by atoms with Crippen molar-refractivity contribution in [3.05, 3.63) is 0 Å². The lowest BCUT2D eigenvalue weighted by atomic mass is 10.2. The molecule has 0 radical (unpaired) electrons. The van der Waals surface area contributed by atoms with Crippen molar-refractivity contribution in [3.8, 4) is 0 Å². The highest BCUT2D eigenvalue weighted by atomic mass is 16.7. The summed E-state index contributed by atoms with van der Waals surface area (Å²) in [5.74, 6) is 0. The van der Waals surface area contributed by atoms with E-state index in [9.17, 15) is 4.79 Å². The zero-order valence-corrected chi connectivity index (χ0v) is 14.6. The standard InChI is InChI=1S/C8H17NO.C5H9NO4.C2H4O.CH4/c1-3-5-6-7-8-10-9-4-2;1-2-6-10-4-3-9-5(7)8;1-2-3;/h4H,3,5-8H2,1-2H3;2H,3-4H2,1H3,(H,7,8);2H,1H3;1H4. The van der Waals surface area contributed by atoms with Crippen LogP contribution < -0.4 is 0 Å². The number of ether oxygens (including phenoxy) is 1. The van der Waals surface area contributed by atoms with Gasteiger partial charge in [0.15, 0.2) is 6.61 Å². The zero-order chi connectivity index (χ0) is 18.2. The van der Waals surface area contributed by atoms with Crippen molar-refractivity contribution < 1.29 is 29.1 Å². The molecule has 0 spiro atoms. The molecule has 8 nitrogen and oxygen atoms in total. The minimum Gasteiger partial charge on any atom is -0.450 e. The molecule has 0 aromatic heterocycles. The number of nitrogens with zero attached hydrogens (tertiary/aromatic N) is 2. The molecule has 144 valence electrons. The number of carboxylic acid groups (broad SMARTS) is 1. The van der Waals surface area contributed by atoms with E-state index < -0.39 is 6.16 Å². The molecule has 0 aromatic carbocycles. The van der Waals surface area contributed by atoms with Crippen molar-refractivity contribution in [2.45, 2.75) is 60.8 Å². The van der Waals surface area contributed by atoms with Gasteiger partial charge in [-0.05, 0) is 33.6 Å². The third-order valence-corrected chi connectivity index (χ3v) is 1.85. The molecule has 0 saturated heterocycles. The van der Waals surface area contributed by atoms with Crippen molar-refractivity contribution in [1.82, 2.24) is 0 Å². The summed E-state index contributed by atoms with van der Waals surface area (Å²) in [5.41, 5.74) is 0. The zero-order valence-electron chi connectivity index (χ0n) is 14.6. The van der Waals surface area contributed by atoms with E-state index in [4.69, 9.17) is 14.7 Å². The summed E-state index contributed by atoms with van der Waals surface area (Å²) in [6, 6.07) is 0. The van der Waals surface area contributed by atoms with Crippen LogP contribution in [0, 0.1) is 0 Å². The summed E-state index contributed by atoms with van der Waals surface area (Å²) in [4.78, 5) is 27.9. The monoisotopic (exact) mass is 350 g/mol. The van der Waals surface area contributed by atoms with Gasteiger partial charge in [0.2, 0.25) is 0 Å². The highest BCUT2D eigenvalue weighted by Gasteiger charge is 1.93. The molecule has 0 aliphatic carbocycles. The highest BCUT2D eigenvalue weighted by molar-refractivity contribution is 5.56. The van der Waals surface area contributed by atoms with E-state index >= 15 is 0 Å². The first kappa shape index (κ1) is 29.8. The van der Waals surface area contributed by atoms with E-state index in [0.29, 0.717) is 0 Å². The first-order valence-corrected chi connectivity index (χ1v) is 7.55. The van der Waals surface area contributed by atoms with Gasteiger partial charge >= 0.3 is 6.16 Å². The molecule has 1 N–H and O–H groups in total. The first-order chi connectivity index (χ1) is 11.1. The Morgan fingerprint density at radius 3 is 1.88 bits per heavy atom. The Kier molecular flexibility index (Phi) is 40.7. The van der Waals surface area contributed by atoms with Crippen LogP contribution in [-0.2, 0) is 19.2 Å². The third-order valence-electron chi connectivity index (χ3n) is 1.85. The van der Waals surface area contributed by atoms with E-state index in [-0.39, 0.29) is 20.6 Å². The lowest BCUT2D eigenvalue weighted by Gasteiger charge is -1.97. The van der Waals surface area contributed by atoms with Crippen molar-refractivity contribution in [1.29, 1.82) is 0 Å². The van der Waals surface area contributed by atoms with Crippen LogP contribution in [-0.4, -0.2) is 49.8 Å². The van der Waals surface area contributed by atoms with Gasteiger partial charge in [-0.15, -0.1) is 0 Å². The Morgan fingerprint density at radius 1 is 0.958 bits per heavy atom. The summed E-state index contributed by atoms with van der Waals surface area (Å²) in [7, 11) is 0. The summed E-state index contributed by atoms with van der Waals surface area (Å²) in [6.45, 7) is 8.11. The van der Waals surface area contributed by atoms with Crippen molar-refractivity contribution >= 4 is 24.9 Å². The molecule has 0 fully saturated rings. The molecule has 0 unspecified atom stereocenters. The average Bonchev–Trinajstić information content (AvgIpc) is 2.52. The molecule has 0 aromatic rings. The maximum Gasteiger partial charge on any atom is 0.505 e. The molecule has 0 rings (SSSR count). The number of oxime groups is 2. The molecule has 0 heterocycles. The van der Waals surface area contributed by atoms with Crippen LogP contribution in [0.25, 0.3) is 0 Å². The fraction of sp³-hybridized carbons (Fsp3) is 0.750. The summed E-state index contributed by atoms with van der Waals surface area (Å²) < 4.78 is 4.11. The Balaban J connectivity index is -0.000000138. The number of aldehydes is 1. The number of carbonyl (C=O) groups excluding carboxylic acids is 1. The Bertz CT molecular complexity index is 296. The third kappa shape index (κ3) is 50.2. The van der Waals surface area contributed by atoms with E-state index in [2.05, 4.69) is 26.8 Å². The van der Waals surface area contributed by atoms with Gasteiger partial charge in [-0.1, -0.05) is 37.5 Å². The molecule has 0 aliphatic rings. The maximum absolute atomic E-state index is 9.72. The van der Waals surface area contributed by atoms with Gasteiger partial charge < -0.3 is 24.3 Å². The van der Waals surface area contributed by atoms with Crippen molar-refractivity contribution in [2.24, 2.45) is 10.3 Å². The summed E-state index contributed by atoms with van der Waals surface area (Å²) >= 11 is 0. The predicted molar refractivity (Wildman–Crippen MR) is 96.8 cm³/mol. The quantitative estimate of drug-likeness (QED) is 0.209. The van der Waals surface area contributed by atoms with Crippen molar-refractivity contribution in [3.63, 3.8) is 0 Å². The van der Waals surface area contributed by atoms with E-state index in [1.807, 2.05) is 6.92 Å². The van der Waals surface area contributed by atoms with Crippen LogP contribution in [0.1, 0.15) is 60.8 Å². The highest BCUT2D eigenvalue weighted by Crippen LogP contribution is 1.98. The van der Waals surface area contributed by atoms with Gasteiger partial charge in [-0.3, -0.25) is 0 Å². The first-order valence-electron chi connectivity index (χ1n) is 7.55. The number of hydrogen-bond donors (Lipinski definition) is 1. The number of hydrogen-bond acceptors (Lipinski definition) is 7.